The van der Waals surface area contributed by atoms with Crippen molar-refractivity contribution in [1.82, 2.24) is 10.6 Å². The summed E-state index contributed by atoms with van der Waals surface area (Å²) in [5.74, 6) is 0.686. The third kappa shape index (κ3) is 4.04. The van der Waals surface area contributed by atoms with Crippen LogP contribution in [-0.4, -0.2) is 26.2 Å². The lowest BCUT2D eigenvalue weighted by molar-refractivity contribution is -0.113. The van der Waals surface area contributed by atoms with Gasteiger partial charge >= 0.3 is 6.03 Å². The van der Waals surface area contributed by atoms with E-state index in [1.807, 2.05) is 0 Å². The number of anilines is 1. The third-order valence-electron chi connectivity index (χ3n) is 4.37. The number of benzene rings is 2. The Kier molecular flexibility index (Phi) is 5.75. The van der Waals surface area contributed by atoms with Gasteiger partial charge in [0.05, 0.1) is 31.5 Å². The minimum atomic E-state index is -0.623. The highest BCUT2D eigenvalue weighted by molar-refractivity contribution is 6.30. The van der Waals surface area contributed by atoms with E-state index in [1.54, 1.807) is 49.4 Å². The first kappa shape index (κ1) is 19.6. The summed E-state index contributed by atoms with van der Waals surface area (Å²) >= 11 is 5.96. The molecule has 0 bridgehead atoms. The smallest absolute Gasteiger partial charge is 0.319 e. The van der Waals surface area contributed by atoms with Gasteiger partial charge in [0.1, 0.15) is 11.5 Å². The predicted molar refractivity (Wildman–Crippen MR) is 107 cm³/mol. The van der Waals surface area contributed by atoms with Crippen LogP contribution in [0.1, 0.15) is 18.5 Å². The van der Waals surface area contributed by atoms with Gasteiger partial charge in [-0.25, -0.2) is 4.79 Å². The Hall–Kier alpha value is -3.19. The molecule has 1 heterocycles. The molecule has 146 valence electrons. The highest BCUT2D eigenvalue weighted by Crippen LogP contribution is 2.32. The molecule has 1 atom stereocenters. The van der Waals surface area contributed by atoms with Gasteiger partial charge in [0.15, 0.2) is 0 Å². The average molecular weight is 402 g/mol. The van der Waals surface area contributed by atoms with E-state index in [-0.39, 0.29) is 11.9 Å². The minimum Gasteiger partial charge on any atom is -0.497 e. The monoisotopic (exact) mass is 401 g/mol. The average Bonchev–Trinajstić information content (AvgIpc) is 2.67. The van der Waals surface area contributed by atoms with Crippen LogP contribution in [0.2, 0.25) is 5.02 Å². The lowest BCUT2D eigenvalue weighted by atomic mass is 9.95. The van der Waals surface area contributed by atoms with E-state index in [1.165, 1.54) is 14.2 Å². The van der Waals surface area contributed by atoms with Crippen molar-refractivity contribution in [2.75, 3.05) is 19.5 Å². The van der Waals surface area contributed by atoms with E-state index in [0.717, 1.165) is 5.56 Å². The fraction of sp³-hybridized carbons (Fsp3) is 0.200. The Morgan fingerprint density at radius 3 is 2.46 bits per heavy atom. The Balaban J connectivity index is 1.97. The van der Waals surface area contributed by atoms with Gasteiger partial charge in [0, 0.05) is 16.8 Å². The Bertz CT molecular complexity index is 941. The molecule has 0 saturated carbocycles. The number of amides is 3. The zero-order chi connectivity index (χ0) is 20.3. The van der Waals surface area contributed by atoms with Gasteiger partial charge in [-0.3, -0.25) is 4.79 Å². The van der Waals surface area contributed by atoms with Gasteiger partial charge < -0.3 is 25.4 Å². The molecular weight excluding hydrogens is 382 g/mol. The van der Waals surface area contributed by atoms with Gasteiger partial charge in [-0.1, -0.05) is 23.7 Å². The second-order valence-electron chi connectivity index (χ2n) is 6.14. The van der Waals surface area contributed by atoms with E-state index in [4.69, 9.17) is 21.1 Å². The number of ether oxygens (including phenoxy) is 2. The Morgan fingerprint density at radius 1 is 1.11 bits per heavy atom. The minimum absolute atomic E-state index is 0.378. The Labute approximate surface area is 167 Å². The normalized spacial score (nSPS) is 16.1. The predicted octanol–water partition coefficient (Wildman–Crippen LogP) is 3.62. The zero-order valence-corrected chi connectivity index (χ0v) is 16.4. The van der Waals surface area contributed by atoms with Crippen LogP contribution in [0.25, 0.3) is 0 Å². The highest BCUT2D eigenvalue weighted by Gasteiger charge is 2.31. The third-order valence-corrected chi connectivity index (χ3v) is 4.62. The summed E-state index contributed by atoms with van der Waals surface area (Å²) in [5, 5.41) is 8.84. The summed E-state index contributed by atoms with van der Waals surface area (Å²) in [5.41, 5.74) is 2.04. The molecule has 0 fully saturated rings. The number of hydrogen-bond acceptors (Lipinski definition) is 4. The molecule has 7 nitrogen and oxygen atoms in total. The SMILES string of the molecule is COc1ccc(OC)c(NC(=O)C2=C(C)NC(=O)N[C@@H]2c2ccc(Cl)cc2)c1. The maximum Gasteiger partial charge on any atom is 0.319 e. The van der Waals surface area contributed by atoms with Crippen molar-refractivity contribution in [3.05, 3.63) is 64.3 Å². The quantitative estimate of drug-likeness (QED) is 0.713. The summed E-state index contributed by atoms with van der Waals surface area (Å²) in [7, 11) is 3.05. The van der Waals surface area contributed by atoms with Crippen molar-refractivity contribution in [3.63, 3.8) is 0 Å². The highest BCUT2D eigenvalue weighted by atomic mass is 35.5. The van der Waals surface area contributed by atoms with Crippen LogP contribution in [0.5, 0.6) is 11.5 Å². The van der Waals surface area contributed by atoms with Gasteiger partial charge in [0.25, 0.3) is 5.91 Å². The number of allylic oxidation sites excluding steroid dienone is 1. The van der Waals surface area contributed by atoms with E-state index in [0.29, 0.717) is 33.5 Å². The number of urea groups is 1. The molecule has 1 aliphatic heterocycles. The second kappa shape index (κ2) is 8.22. The molecule has 3 amide bonds. The van der Waals surface area contributed by atoms with Gasteiger partial charge in [-0.05, 0) is 36.8 Å². The fourth-order valence-electron chi connectivity index (χ4n) is 3.00. The largest absolute Gasteiger partial charge is 0.497 e. The lowest BCUT2D eigenvalue weighted by Gasteiger charge is -2.29. The van der Waals surface area contributed by atoms with Crippen molar-refractivity contribution in [3.8, 4) is 11.5 Å². The molecule has 0 unspecified atom stereocenters. The summed E-state index contributed by atoms with van der Waals surface area (Å²) in [6, 6.07) is 11.1. The molecule has 1 aliphatic rings. The van der Waals surface area contributed by atoms with Crippen molar-refractivity contribution < 1.29 is 19.1 Å². The van der Waals surface area contributed by atoms with Crippen LogP contribution in [0.15, 0.2) is 53.7 Å². The first-order valence-electron chi connectivity index (χ1n) is 8.50. The molecule has 0 radical (unpaired) electrons. The van der Waals surface area contributed by atoms with Crippen molar-refractivity contribution in [2.45, 2.75) is 13.0 Å². The van der Waals surface area contributed by atoms with E-state index < -0.39 is 6.04 Å². The van der Waals surface area contributed by atoms with Gasteiger partial charge in [0.2, 0.25) is 0 Å². The molecule has 2 aromatic rings. The maximum atomic E-state index is 13.1. The number of nitrogens with one attached hydrogen (secondary N) is 3. The summed E-state index contributed by atoms with van der Waals surface area (Å²) in [6.45, 7) is 1.68. The van der Waals surface area contributed by atoms with Crippen molar-refractivity contribution in [1.29, 1.82) is 0 Å². The zero-order valence-electron chi connectivity index (χ0n) is 15.6. The second-order valence-corrected chi connectivity index (χ2v) is 6.58. The van der Waals surface area contributed by atoms with Crippen LogP contribution >= 0.6 is 11.6 Å². The number of carbonyl (C=O) groups is 2. The number of methoxy groups -OCH3 is 2. The first-order valence-corrected chi connectivity index (χ1v) is 8.88. The summed E-state index contributed by atoms with van der Waals surface area (Å²) in [4.78, 5) is 25.1. The number of hydrogen-bond donors (Lipinski definition) is 3. The van der Waals surface area contributed by atoms with E-state index in [2.05, 4.69) is 16.0 Å². The molecule has 3 rings (SSSR count). The summed E-state index contributed by atoms with van der Waals surface area (Å²) in [6.07, 6.45) is 0. The molecule has 2 aromatic carbocycles. The molecule has 28 heavy (non-hydrogen) atoms. The van der Waals surface area contributed by atoms with Crippen LogP contribution < -0.4 is 25.4 Å². The molecule has 0 spiro atoms. The molecule has 0 saturated heterocycles. The number of rotatable bonds is 5. The standard InChI is InChI=1S/C20H20ClN3O4/c1-11-17(18(24-20(26)22-11)12-4-6-13(21)7-5-12)19(25)23-15-10-14(27-2)8-9-16(15)28-3/h4-10,18H,1-3H3,(H,23,25)(H2,22,24,26)/t18-/m1/s1. The van der Waals surface area contributed by atoms with Crippen LogP contribution in [0.3, 0.4) is 0 Å². The topological polar surface area (TPSA) is 88.7 Å². The van der Waals surface area contributed by atoms with Crippen LogP contribution in [0.4, 0.5) is 10.5 Å². The van der Waals surface area contributed by atoms with Gasteiger partial charge in [-0.2, -0.15) is 0 Å². The molecule has 0 aromatic heterocycles. The van der Waals surface area contributed by atoms with Crippen LogP contribution in [-0.2, 0) is 4.79 Å². The van der Waals surface area contributed by atoms with Crippen LogP contribution in [0, 0.1) is 0 Å². The first-order chi connectivity index (χ1) is 13.4. The molecular formula is C20H20ClN3O4. The Morgan fingerprint density at radius 2 is 1.82 bits per heavy atom. The molecule has 8 heteroatoms. The number of carbonyl (C=O) groups excluding carboxylic acids is 2. The summed E-state index contributed by atoms with van der Waals surface area (Å²) < 4.78 is 10.5. The van der Waals surface area contributed by atoms with Crippen molar-refractivity contribution >= 4 is 29.2 Å². The molecule has 0 aliphatic carbocycles. The fourth-order valence-corrected chi connectivity index (χ4v) is 3.13. The maximum absolute atomic E-state index is 13.1. The number of halogens is 1. The molecule has 3 N–H and O–H groups in total. The van der Waals surface area contributed by atoms with E-state index >= 15 is 0 Å². The van der Waals surface area contributed by atoms with Gasteiger partial charge in [-0.15, -0.1) is 0 Å². The van der Waals surface area contributed by atoms with E-state index in [9.17, 15) is 9.59 Å². The van der Waals surface area contributed by atoms with Crippen molar-refractivity contribution in [2.24, 2.45) is 0 Å². The lowest BCUT2D eigenvalue weighted by Crippen LogP contribution is -2.45.